The van der Waals surface area contributed by atoms with Gasteiger partial charge in [-0.05, 0) is 67.7 Å². The summed E-state index contributed by atoms with van der Waals surface area (Å²) in [5.41, 5.74) is 0.103. The monoisotopic (exact) mass is 447 g/mol. The van der Waals surface area contributed by atoms with Gasteiger partial charge in [-0.3, -0.25) is 4.98 Å². The van der Waals surface area contributed by atoms with E-state index in [0.29, 0.717) is 23.1 Å². The molecule has 0 aromatic carbocycles. The van der Waals surface area contributed by atoms with Crippen molar-refractivity contribution < 1.29 is 17.9 Å². The van der Waals surface area contributed by atoms with Gasteiger partial charge in [0.2, 0.25) is 0 Å². The number of ether oxygens (including phenoxy) is 1. The first-order valence-electron chi connectivity index (χ1n) is 11.4. The van der Waals surface area contributed by atoms with Gasteiger partial charge in [0, 0.05) is 50.7 Å². The predicted molar refractivity (Wildman–Crippen MR) is 114 cm³/mol. The van der Waals surface area contributed by atoms with E-state index < -0.39 is 11.9 Å². The molecule has 2 aromatic heterocycles. The lowest BCUT2D eigenvalue weighted by Crippen LogP contribution is -2.32. The molecule has 0 radical (unpaired) electrons. The molecule has 4 heterocycles. The van der Waals surface area contributed by atoms with E-state index in [1.807, 2.05) is 6.07 Å². The van der Waals surface area contributed by atoms with E-state index in [-0.39, 0.29) is 0 Å². The predicted octanol–water partition coefficient (Wildman–Crippen LogP) is 4.11. The minimum absolute atomic E-state index is 0.392. The number of alkyl halides is 3. The second-order valence-electron chi connectivity index (χ2n) is 9.34. The Labute approximate surface area is 185 Å². The number of nitrogens with one attached hydrogen (secondary N) is 1. The molecule has 3 fully saturated rings. The number of hydrogen-bond acceptors (Lipinski definition) is 6. The molecule has 1 aliphatic carbocycles. The van der Waals surface area contributed by atoms with Crippen LogP contribution >= 0.6 is 0 Å². The average molecular weight is 448 g/mol. The van der Waals surface area contributed by atoms with Crippen LogP contribution in [0.2, 0.25) is 0 Å². The molecule has 3 aliphatic rings. The van der Waals surface area contributed by atoms with Crippen LogP contribution in [0.15, 0.2) is 30.5 Å². The molecule has 5 rings (SSSR count). The van der Waals surface area contributed by atoms with Crippen molar-refractivity contribution in [1.82, 2.24) is 20.1 Å². The molecule has 0 amide bonds. The summed E-state index contributed by atoms with van der Waals surface area (Å²) in [5, 5.41) is 11.9. The minimum Gasteiger partial charge on any atom is -0.381 e. The molecule has 2 aromatic rings. The number of nitrogens with zero attached hydrogens (tertiary/aromatic N) is 4. The number of anilines is 1. The third kappa shape index (κ3) is 4.88. The van der Waals surface area contributed by atoms with E-state index in [1.165, 1.54) is 44.7 Å². The summed E-state index contributed by atoms with van der Waals surface area (Å²) in [6.07, 6.45) is 1.40. The van der Waals surface area contributed by atoms with Crippen LogP contribution in [0.25, 0.3) is 11.3 Å². The fourth-order valence-corrected chi connectivity index (χ4v) is 5.44. The maximum atomic E-state index is 12.7. The van der Waals surface area contributed by atoms with Crippen molar-refractivity contribution in [2.45, 2.75) is 37.9 Å². The molecule has 9 heteroatoms. The molecule has 6 nitrogen and oxygen atoms in total. The van der Waals surface area contributed by atoms with Crippen molar-refractivity contribution in [2.75, 3.05) is 38.2 Å². The summed E-state index contributed by atoms with van der Waals surface area (Å²) in [7, 11) is 0. The molecule has 172 valence electrons. The van der Waals surface area contributed by atoms with Crippen molar-refractivity contribution >= 4 is 5.82 Å². The van der Waals surface area contributed by atoms with E-state index >= 15 is 0 Å². The molecule has 1 unspecified atom stereocenters. The van der Waals surface area contributed by atoms with Gasteiger partial charge in [0.25, 0.3) is 0 Å². The smallest absolute Gasteiger partial charge is 0.381 e. The van der Waals surface area contributed by atoms with Gasteiger partial charge in [-0.25, -0.2) is 0 Å². The summed E-state index contributed by atoms with van der Waals surface area (Å²) < 4.78 is 43.5. The Kier molecular flexibility index (Phi) is 6.03. The Morgan fingerprint density at radius 2 is 1.75 bits per heavy atom. The molecular weight excluding hydrogens is 419 g/mol. The Bertz CT molecular complexity index is 885. The summed E-state index contributed by atoms with van der Waals surface area (Å²) >= 11 is 0. The number of aromatic nitrogens is 3. The van der Waals surface area contributed by atoms with E-state index in [9.17, 15) is 13.2 Å². The molecule has 0 spiro atoms. The second-order valence-corrected chi connectivity index (χ2v) is 9.34. The third-order valence-corrected chi connectivity index (χ3v) is 7.05. The van der Waals surface area contributed by atoms with Crippen LogP contribution < -0.4 is 5.32 Å². The van der Waals surface area contributed by atoms with Gasteiger partial charge in [-0.1, -0.05) is 0 Å². The number of pyridine rings is 1. The van der Waals surface area contributed by atoms with Gasteiger partial charge in [-0.2, -0.15) is 13.2 Å². The Balaban J connectivity index is 1.12. The van der Waals surface area contributed by atoms with Crippen LogP contribution in [-0.2, 0) is 10.9 Å². The molecule has 2 saturated heterocycles. The highest BCUT2D eigenvalue weighted by Gasteiger charge is 2.41. The minimum atomic E-state index is -4.45. The topological polar surface area (TPSA) is 63.2 Å². The molecule has 2 aliphatic heterocycles. The second kappa shape index (κ2) is 8.94. The fourth-order valence-electron chi connectivity index (χ4n) is 5.44. The van der Waals surface area contributed by atoms with E-state index in [1.54, 1.807) is 6.07 Å². The Hall–Kier alpha value is -2.26. The maximum absolute atomic E-state index is 12.7. The van der Waals surface area contributed by atoms with Crippen molar-refractivity contribution in [3.63, 3.8) is 0 Å². The van der Waals surface area contributed by atoms with Crippen LogP contribution in [-0.4, -0.2) is 59.0 Å². The summed E-state index contributed by atoms with van der Waals surface area (Å²) in [4.78, 5) is 6.14. The zero-order valence-electron chi connectivity index (χ0n) is 17.9. The molecule has 1 saturated carbocycles. The van der Waals surface area contributed by atoms with Crippen LogP contribution in [0.1, 0.15) is 31.4 Å². The normalized spacial score (nSPS) is 26.9. The van der Waals surface area contributed by atoms with E-state index in [4.69, 9.17) is 4.74 Å². The highest BCUT2D eigenvalue weighted by atomic mass is 19.4. The van der Waals surface area contributed by atoms with Crippen LogP contribution in [0, 0.1) is 17.8 Å². The molecule has 1 N–H and O–H groups in total. The first-order valence-corrected chi connectivity index (χ1v) is 11.4. The third-order valence-electron chi connectivity index (χ3n) is 7.05. The van der Waals surface area contributed by atoms with Gasteiger partial charge in [0.1, 0.15) is 11.5 Å². The lowest BCUT2D eigenvalue weighted by atomic mass is 10.00. The van der Waals surface area contributed by atoms with Gasteiger partial charge >= 0.3 is 6.18 Å². The van der Waals surface area contributed by atoms with Gasteiger partial charge in [0.15, 0.2) is 0 Å². The van der Waals surface area contributed by atoms with Crippen molar-refractivity contribution in [3.05, 3.63) is 36.2 Å². The van der Waals surface area contributed by atoms with Gasteiger partial charge < -0.3 is 15.0 Å². The lowest BCUT2D eigenvalue weighted by Gasteiger charge is -2.27. The van der Waals surface area contributed by atoms with Crippen molar-refractivity contribution in [1.29, 1.82) is 0 Å². The quantitative estimate of drug-likeness (QED) is 0.745. The van der Waals surface area contributed by atoms with E-state index in [2.05, 4.69) is 25.4 Å². The maximum Gasteiger partial charge on any atom is 0.433 e. The van der Waals surface area contributed by atoms with Gasteiger partial charge in [-0.15, -0.1) is 10.2 Å². The summed E-state index contributed by atoms with van der Waals surface area (Å²) in [6, 6.07) is 6.34. The average Bonchev–Trinajstić information content (AvgIpc) is 3.32. The summed E-state index contributed by atoms with van der Waals surface area (Å²) in [6.45, 7) is 5.40. The number of fused-ring (bicyclic) bond motifs is 1. The largest absolute Gasteiger partial charge is 0.433 e. The Morgan fingerprint density at radius 1 is 1.00 bits per heavy atom. The summed E-state index contributed by atoms with van der Waals surface area (Å²) in [5.74, 6) is 2.96. The van der Waals surface area contributed by atoms with Crippen LogP contribution in [0.5, 0.6) is 0 Å². The van der Waals surface area contributed by atoms with Crippen LogP contribution in [0.4, 0.5) is 19.0 Å². The molecular formula is C23H28F3N5O. The zero-order chi connectivity index (χ0) is 22.1. The number of likely N-dealkylation sites (tertiary alicyclic amines) is 1. The van der Waals surface area contributed by atoms with E-state index in [0.717, 1.165) is 49.9 Å². The number of rotatable bonds is 5. The molecule has 3 atom stereocenters. The lowest BCUT2D eigenvalue weighted by molar-refractivity contribution is -0.141. The van der Waals surface area contributed by atoms with Crippen molar-refractivity contribution in [2.24, 2.45) is 17.8 Å². The Morgan fingerprint density at radius 3 is 2.34 bits per heavy atom. The zero-order valence-corrected chi connectivity index (χ0v) is 17.9. The van der Waals surface area contributed by atoms with Crippen LogP contribution in [0.3, 0.4) is 0 Å². The highest BCUT2D eigenvalue weighted by Crippen LogP contribution is 2.39. The standard InChI is InChI=1S/C23H28F3N5O/c24-23(25,26)21-3-1-16(11-27-21)20-2-4-22(30-29-20)28-19-9-17-13-31(14-18(17)10-19)12-15-5-7-32-8-6-15/h1-4,11,15,17-19H,5-10,12-14H2,(H,28,30)/t17-,18+,19?. The van der Waals surface area contributed by atoms with Gasteiger partial charge in [0.05, 0.1) is 5.69 Å². The number of halogens is 3. The SMILES string of the molecule is FC(F)(F)c1ccc(-c2ccc(NC3C[C@@H]4CN(CC5CCOCC5)C[C@@H]4C3)nn2)cn1. The first-order chi connectivity index (χ1) is 15.4. The fraction of sp³-hybridized carbons (Fsp3) is 0.609. The number of hydrogen-bond donors (Lipinski definition) is 1. The highest BCUT2D eigenvalue weighted by molar-refractivity contribution is 5.58. The first kappa shape index (κ1) is 21.6. The molecule has 0 bridgehead atoms. The molecule has 32 heavy (non-hydrogen) atoms. The van der Waals surface area contributed by atoms with Crippen molar-refractivity contribution in [3.8, 4) is 11.3 Å².